The molecule has 0 N–H and O–H groups in total. The summed E-state index contributed by atoms with van der Waals surface area (Å²) in [5.41, 5.74) is 11.4. The van der Waals surface area contributed by atoms with Gasteiger partial charge in [0.05, 0.1) is 29.9 Å². The van der Waals surface area contributed by atoms with Crippen LogP contribution in [-0.2, 0) is 33.2 Å². The summed E-state index contributed by atoms with van der Waals surface area (Å²) >= 11 is 0. The number of benzene rings is 4. The van der Waals surface area contributed by atoms with Gasteiger partial charge in [0, 0.05) is 10.5 Å². The Bertz CT molecular complexity index is 2100. The molecule has 344 valence electrons. The molecular weight excluding hydrogens is 827 g/mol. The van der Waals surface area contributed by atoms with Gasteiger partial charge in [0.2, 0.25) is 0 Å². The van der Waals surface area contributed by atoms with E-state index in [4.69, 9.17) is 33.2 Å². The van der Waals surface area contributed by atoms with Crippen LogP contribution in [0, 0.1) is 0 Å². The summed E-state index contributed by atoms with van der Waals surface area (Å²) < 4.78 is 43.9. The van der Waals surface area contributed by atoms with Crippen LogP contribution < -0.4 is 0 Å². The molecule has 0 amide bonds. The van der Waals surface area contributed by atoms with Crippen molar-refractivity contribution in [3.8, 4) is 0 Å². The Morgan fingerprint density at radius 3 is 1.74 bits per heavy atom. The Kier molecular flexibility index (Phi) is 20.1. The van der Waals surface area contributed by atoms with Gasteiger partial charge in [-0.2, -0.15) is 0 Å². The lowest BCUT2D eigenvalue weighted by Crippen LogP contribution is -2.64. The number of hydrogen-bond donors (Lipinski definition) is 0. The summed E-state index contributed by atoms with van der Waals surface area (Å²) in [6, 6.07) is 33.5. The molecule has 4 aromatic rings. The van der Waals surface area contributed by atoms with Crippen LogP contribution in [-0.4, -0.2) is 74.0 Å². The highest BCUT2D eigenvalue weighted by Gasteiger charge is 2.54. The first-order valence-electron chi connectivity index (χ1n) is 23.0. The first kappa shape index (κ1) is 48.6. The predicted octanol–water partition coefficient (Wildman–Crippen LogP) is 11.5. The van der Waals surface area contributed by atoms with E-state index in [0.717, 1.165) is 31.2 Å². The lowest BCUT2D eigenvalue weighted by atomic mass is 9.96. The Hall–Kier alpha value is -5.82. The summed E-state index contributed by atoms with van der Waals surface area (Å²) in [4.78, 5) is 44.2. The molecule has 8 atom stereocenters. The molecule has 2 heterocycles. The number of azide groups is 1. The van der Waals surface area contributed by atoms with Crippen molar-refractivity contribution >= 4 is 17.9 Å². The van der Waals surface area contributed by atoms with E-state index in [1.54, 1.807) is 97.1 Å². The van der Waals surface area contributed by atoms with E-state index in [9.17, 15) is 19.9 Å². The smallest absolute Gasteiger partial charge is 0.338 e. The fraction of sp³-hybridized carbons (Fsp3) is 0.442. The molecule has 13 nitrogen and oxygen atoms in total. The average Bonchev–Trinajstić information content (AvgIpc) is 3.35. The minimum atomic E-state index is -1.40. The molecule has 13 heteroatoms. The molecule has 2 fully saturated rings. The minimum Gasteiger partial charge on any atom is -0.454 e. The molecular formula is C52H61N3O10. The maximum atomic E-state index is 13.8. The van der Waals surface area contributed by atoms with Crippen LogP contribution in [0.15, 0.2) is 139 Å². The second kappa shape index (κ2) is 26.8. The first-order chi connectivity index (χ1) is 31.9. The Balaban J connectivity index is 1.21. The third-order valence-corrected chi connectivity index (χ3v) is 11.4. The molecule has 1 unspecified atom stereocenters. The molecule has 0 aromatic heterocycles. The van der Waals surface area contributed by atoms with Crippen molar-refractivity contribution < 1.29 is 47.5 Å². The Labute approximate surface area is 382 Å². The van der Waals surface area contributed by atoms with Crippen molar-refractivity contribution in [2.45, 2.75) is 133 Å². The highest BCUT2D eigenvalue weighted by molar-refractivity contribution is 5.90. The Morgan fingerprint density at radius 1 is 0.677 bits per heavy atom. The normalized spacial score (nSPS) is 21.3. The molecule has 65 heavy (non-hydrogen) atoms. The van der Waals surface area contributed by atoms with Crippen molar-refractivity contribution in [2.24, 2.45) is 5.11 Å². The van der Waals surface area contributed by atoms with Crippen LogP contribution in [0.3, 0.4) is 0 Å². The van der Waals surface area contributed by atoms with Crippen LogP contribution >= 0.6 is 0 Å². The van der Waals surface area contributed by atoms with Crippen LogP contribution in [0.2, 0.25) is 0 Å². The third-order valence-electron chi connectivity index (χ3n) is 11.4. The zero-order valence-corrected chi connectivity index (χ0v) is 37.1. The zero-order chi connectivity index (χ0) is 45.5. The van der Waals surface area contributed by atoms with Crippen molar-refractivity contribution in [2.75, 3.05) is 13.2 Å². The van der Waals surface area contributed by atoms with Gasteiger partial charge >= 0.3 is 17.9 Å². The lowest BCUT2D eigenvalue weighted by Gasteiger charge is -2.48. The minimum absolute atomic E-state index is 0.00169. The average molecular weight is 888 g/mol. The van der Waals surface area contributed by atoms with Crippen molar-refractivity contribution in [3.05, 3.63) is 166 Å². The lowest BCUT2D eigenvalue weighted by molar-refractivity contribution is -0.360. The number of esters is 3. The number of hydrogen-bond acceptors (Lipinski definition) is 11. The molecule has 2 aliphatic rings. The van der Waals surface area contributed by atoms with Crippen molar-refractivity contribution in [1.82, 2.24) is 0 Å². The number of allylic oxidation sites excluding steroid dienone is 1. The van der Waals surface area contributed by atoms with E-state index in [0.29, 0.717) is 5.56 Å². The van der Waals surface area contributed by atoms with Crippen LogP contribution in [0.4, 0.5) is 0 Å². The summed E-state index contributed by atoms with van der Waals surface area (Å²) in [5, 5.41) is 4.03. The summed E-state index contributed by atoms with van der Waals surface area (Å²) in [5.74, 6) is -2.04. The number of nitrogens with zero attached hydrogens (tertiary/aromatic N) is 3. The van der Waals surface area contributed by atoms with Gasteiger partial charge in [0.25, 0.3) is 0 Å². The van der Waals surface area contributed by atoms with E-state index in [2.05, 4.69) is 16.9 Å². The van der Waals surface area contributed by atoms with Gasteiger partial charge in [0.1, 0.15) is 24.4 Å². The first-order valence-corrected chi connectivity index (χ1v) is 23.0. The van der Waals surface area contributed by atoms with E-state index in [1.165, 1.54) is 51.4 Å². The van der Waals surface area contributed by atoms with Crippen LogP contribution in [0.1, 0.15) is 127 Å². The number of carbonyl (C=O) groups is 3. The van der Waals surface area contributed by atoms with Gasteiger partial charge in [-0.1, -0.05) is 167 Å². The van der Waals surface area contributed by atoms with Gasteiger partial charge in [-0.25, -0.2) is 14.4 Å². The molecule has 0 spiro atoms. The molecule has 0 saturated carbocycles. The zero-order valence-electron chi connectivity index (χ0n) is 37.1. The number of carbonyl (C=O) groups excluding carboxylic acids is 3. The Morgan fingerprint density at radius 2 is 1.18 bits per heavy atom. The molecule has 2 saturated heterocycles. The molecule has 0 radical (unpaired) electrons. The second-order valence-corrected chi connectivity index (χ2v) is 16.3. The number of fused-ring (bicyclic) bond motifs is 1. The maximum Gasteiger partial charge on any atom is 0.338 e. The van der Waals surface area contributed by atoms with Gasteiger partial charge < -0.3 is 33.2 Å². The molecule has 4 aromatic carbocycles. The fourth-order valence-electron chi connectivity index (χ4n) is 7.87. The van der Waals surface area contributed by atoms with Gasteiger partial charge in [0.15, 0.2) is 24.8 Å². The highest BCUT2D eigenvalue weighted by atomic mass is 16.8. The largest absolute Gasteiger partial charge is 0.454 e. The number of unbranched alkanes of at least 4 members (excludes halogenated alkanes) is 11. The summed E-state index contributed by atoms with van der Waals surface area (Å²) in [6.45, 7) is 1.88. The van der Waals surface area contributed by atoms with E-state index >= 15 is 0 Å². The number of rotatable bonds is 25. The topological polar surface area (TPSA) is 165 Å². The molecule has 2 aliphatic heterocycles. The summed E-state index contributed by atoms with van der Waals surface area (Å²) in [6.07, 6.45) is 9.95. The number of ether oxygens (including phenoxy) is 7. The van der Waals surface area contributed by atoms with Gasteiger partial charge in [-0.3, -0.25) is 0 Å². The molecule has 0 aliphatic carbocycles. The van der Waals surface area contributed by atoms with Crippen LogP contribution in [0.25, 0.3) is 10.4 Å². The van der Waals surface area contributed by atoms with Gasteiger partial charge in [-0.15, -0.1) is 0 Å². The van der Waals surface area contributed by atoms with E-state index in [1.807, 2.05) is 36.4 Å². The second-order valence-electron chi connectivity index (χ2n) is 16.3. The van der Waals surface area contributed by atoms with E-state index < -0.39 is 67.0 Å². The molecule has 0 bridgehead atoms. The van der Waals surface area contributed by atoms with Crippen LogP contribution in [0.5, 0.6) is 0 Å². The SMILES string of the molecule is CCCCCCCCCCCCCC=C[C@@H](OC(=O)c1ccccc1)[C@H](CO[C@H]1O[C@@H]2COC(c3ccccc3)O[C@H]2[C@H](OC(=O)c2ccccc2)[C@@H]1OC(=O)c1ccccc1)N=[N+]=[N-]. The fourth-order valence-corrected chi connectivity index (χ4v) is 7.87. The monoisotopic (exact) mass is 887 g/mol. The summed E-state index contributed by atoms with van der Waals surface area (Å²) in [7, 11) is 0. The standard InChI is InChI=1S/C52H61N3O10/c1-2-3-4-5-6-7-8-9-10-11-12-13-26-35-43(61-48(56)38-27-18-14-19-28-38)42(54-55-53)36-59-52-47(64-50(58)40-31-22-16-23-32-40)46(63-49(57)39-29-20-15-21-30-39)45-44(62-52)37-60-51(65-45)41-33-24-17-25-34-41/h14-35,42-47,51-52H,2-13,36-37H2,1H3/t42-,43+,44+,45+,46-,47-,51?,52-/m0/s1. The third kappa shape index (κ3) is 15.1. The van der Waals surface area contributed by atoms with Gasteiger partial charge in [-0.05, 0) is 60.8 Å². The van der Waals surface area contributed by atoms with Crippen molar-refractivity contribution in [1.29, 1.82) is 0 Å². The predicted molar refractivity (Wildman–Crippen MR) is 245 cm³/mol. The quantitative estimate of drug-likeness (QED) is 0.0119. The highest BCUT2D eigenvalue weighted by Crippen LogP contribution is 2.37. The van der Waals surface area contributed by atoms with E-state index in [-0.39, 0.29) is 24.3 Å². The maximum absolute atomic E-state index is 13.8. The van der Waals surface area contributed by atoms with Crippen molar-refractivity contribution in [3.63, 3.8) is 0 Å². The molecule has 6 rings (SSSR count).